The maximum absolute atomic E-state index is 12.1. The van der Waals surface area contributed by atoms with E-state index in [1.165, 1.54) is 11.1 Å². The van der Waals surface area contributed by atoms with Crippen LogP contribution in [-0.4, -0.2) is 11.4 Å². The summed E-state index contributed by atoms with van der Waals surface area (Å²) in [6.07, 6.45) is 3.57. The van der Waals surface area contributed by atoms with Gasteiger partial charge in [0.2, 0.25) is 5.91 Å². The first-order chi connectivity index (χ1) is 8.94. The molecule has 0 heterocycles. The minimum atomic E-state index is -0.801. The number of anilines is 1. The zero-order valence-corrected chi connectivity index (χ0v) is 12.5. The highest BCUT2D eigenvalue weighted by Gasteiger charge is 2.27. The molecule has 106 valence electrons. The van der Waals surface area contributed by atoms with Gasteiger partial charge in [-0.1, -0.05) is 33.3 Å². The van der Waals surface area contributed by atoms with E-state index in [4.69, 9.17) is 5.73 Å². The molecule has 0 aliphatic heterocycles. The fourth-order valence-corrected chi connectivity index (χ4v) is 2.28. The van der Waals surface area contributed by atoms with Crippen LogP contribution in [-0.2, 0) is 17.6 Å². The Kier molecular flexibility index (Phi) is 5.55. The molecule has 1 rings (SSSR count). The Bertz CT molecular complexity index is 438. The van der Waals surface area contributed by atoms with Crippen LogP contribution in [0.5, 0.6) is 0 Å². The standard InChI is InChI=1S/C16H26N2O/c1-5-10-16(4,17)15(19)18-14-9-8-12(6-2)13(7-3)11-14/h8-9,11H,5-7,10,17H2,1-4H3,(H,18,19). The lowest BCUT2D eigenvalue weighted by molar-refractivity contribution is -0.120. The highest BCUT2D eigenvalue weighted by molar-refractivity contribution is 5.97. The average molecular weight is 262 g/mol. The molecule has 3 N–H and O–H groups in total. The molecule has 0 bridgehead atoms. The van der Waals surface area contributed by atoms with Gasteiger partial charge in [0.1, 0.15) is 0 Å². The molecule has 1 amide bonds. The topological polar surface area (TPSA) is 55.1 Å². The third-order valence-electron chi connectivity index (χ3n) is 3.51. The Morgan fingerprint density at radius 2 is 1.84 bits per heavy atom. The second-order valence-corrected chi connectivity index (χ2v) is 5.31. The molecule has 0 aliphatic carbocycles. The summed E-state index contributed by atoms with van der Waals surface area (Å²) in [5.41, 5.74) is 8.70. The predicted octanol–water partition coefficient (Wildman–Crippen LogP) is 3.27. The Morgan fingerprint density at radius 1 is 1.21 bits per heavy atom. The van der Waals surface area contributed by atoms with Gasteiger partial charge in [-0.3, -0.25) is 4.79 Å². The third-order valence-corrected chi connectivity index (χ3v) is 3.51. The Balaban J connectivity index is 2.85. The molecule has 0 fully saturated rings. The highest BCUT2D eigenvalue weighted by Crippen LogP contribution is 2.19. The van der Waals surface area contributed by atoms with Crippen molar-refractivity contribution < 1.29 is 4.79 Å². The van der Waals surface area contributed by atoms with Crippen LogP contribution in [0.4, 0.5) is 5.69 Å². The molecule has 0 aliphatic rings. The molecule has 1 aromatic carbocycles. The molecular formula is C16H26N2O. The molecule has 1 atom stereocenters. The summed E-state index contributed by atoms with van der Waals surface area (Å²) in [4.78, 5) is 12.1. The molecule has 0 spiro atoms. The number of hydrogen-bond donors (Lipinski definition) is 2. The monoisotopic (exact) mass is 262 g/mol. The smallest absolute Gasteiger partial charge is 0.244 e. The van der Waals surface area contributed by atoms with Crippen molar-refractivity contribution in [1.29, 1.82) is 0 Å². The lowest BCUT2D eigenvalue weighted by Gasteiger charge is -2.23. The zero-order valence-electron chi connectivity index (χ0n) is 12.5. The van der Waals surface area contributed by atoms with E-state index in [1.54, 1.807) is 6.92 Å². The molecule has 3 heteroatoms. The summed E-state index contributed by atoms with van der Waals surface area (Å²) in [6.45, 7) is 8.09. The van der Waals surface area contributed by atoms with E-state index in [9.17, 15) is 4.79 Å². The summed E-state index contributed by atoms with van der Waals surface area (Å²) in [5.74, 6) is -0.111. The number of carbonyl (C=O) groups excluding carboxylic acids is 1. The lowest BCUT2D eigenvalue weighted by atomic mass is 9.96. The maximum Gasteiger partial charge on any atom is 0.244 e. The van der Waals surface area contributed by atoms with E-state index >= 15 is 0 Å². The van der Waals surface area contributed by atoms with Gasteiger partial charge < -0.3 is 11.1 Å². The molecule has 1 unspecified atom stereocenters. The molecule has 0 saturated heterocycles. The van der Waals surface area contributed by atoms with Gasteiger partial charge in [0.05, 0.1) is 5.54 Å². The lowest BCUT2D eigenvalue weighted by Crippen LogP contribution is -2.48. The van der Waals surface area contributed by atoms with Gasteiger partial charge >= 0.3 is 0 Å². The van der Waals surface area contributed by atoms with Gasteiger partial charge in [0, 0.05) is 5.69 Å². The van der Waals surface area contributed by atoms with Crippen LogP contribution < -0.4 is 11.1 Å². The van der Waals surface area contributed by atoms with Crippen LogP contribution in [0.25, 0.3) is 0 Å². The molecule has 1 aromatic rings. The number of nitrogens with two attached hydrogens (primary N) is 1. The second-order valence-electron chi connectivity index (χ2n) is 5.31. The number of benzene rings is 1. The molecule has 3 nitrogen and oxygen atoms in total. The van der Waals surface area contributed by atoms with Gasteiger partial charge in [-0.2, -0.15) is 0 Å². The summed E-state index contributed by atoms with van der Waals surface area (Å²) >= 11 is 0. The van der Waals surface area contributed by atoms with Gasteiger partial charge in [0.15, 0.2) is 0 Å². The van der Waals surface area contributed by atoms with E-state index in [0.717, 1.165) is 24.9 Å². The minimum Gasteiger partial charge on any atom is -0.324 e. The third kappa shape index (κ3) is 4.06. The largest absolute Gasteiger partial charge is 0.324 e. The quantitative estimate of drug-likeness (QED) is 0.826. The van der Waals surface area contributed by atoms with Crippen LogP contribution in [0.15, 0.2) is 18.2 Å². The number of hydrogen-bond acceptors (Lipinski definition) is 2. The first-order valence-electron chi connectivity index (χ1n) is 7.16. The van der Waals surface area contributed by atoms with Crippen molar-refractivity contribution in [2.45, 2.75) is 58.9 Å². The molecule has 0 saturated carbocycles. The van der Waals surface area contributed by atoms with Gasteiger partial charge in [-0.05, 0) is 49.4 Å². The Hall–Kier alpha value is -1.35. The van der Waals surface area contributed by atoms with E-state index < -0.39 is 5.54 Å². The molecule has 19 heavy (non-hydrogen) atoms. The first kappa shape index (κ1) is 15.7. The summed E-state index contributed by atoms with van der Waals surface area (Å²) in [5, 5.41) is 2.93. The number of aryl methyl sites for hydroxylation is 2. The van der Waals surface area contributed by atoms with Crippen LogP contribution in [0, 0.1) is 0 Å². The van der Waals surface area contributed by atoms with Crippen molar-refractivity contribution in [1.82, 2.24) is 0 Å². The normalized spacial score (nSPS) is 13.9. The second kappa shape index (κ2) is 6.71. The molecule has 0 radical (unpaired) electrons. The number of carbonyl (C=O) groups is 1. The fraction of sp³-hybridized carbons (Fsp3) is 0.562. The van der Waals surface area contributed by atoms with E-state index in [2.05, 4.69) is 31.3 Å². The number of nitrogens with one attached hydrogen (secondary N) is 1. The molecular weight excluding hydrogens is 236 g/mol. The minimum absolute atomic E-state index is 0.111. The fourth-order valence-electron chi connectivity index (χ4n) is 2.28. The zero-order chi connectivity index (χ0) is 14.5. The Labute approximate surface area is 116 Å². The first-order valence-corrected chi connectivity index (χ1v) is 7.16. The van der Waals surface area contributed by atoms with Gasteiger partial charge in [-0.25, -0.2) is 0 Å². The summed E-state index contributed by atoms with van der Waals surface area (Å²) in [6, 6.07) is 6.10. The summed E-state index contributed by atoms with van der Waals surface area (Å²) < 4.78 is 0. The van der Waals surface area contributed by atoms with Crippen molar-refractivity contribution in [2.75, 3.05) is 5.32 Å². The van der Waals surface area contributed by atoms with Crippen molar-refractivity contribution in [3.05, 3.63) is 29.3 Å². The highest BCUT2D eigenvalue weighted by atomic mass is 16.2. The van der Waals surface area contributed by atoms with E-state index in [0.29, 0.717) is 6.42 Å². The summed E-state index contributed by atoms with van der Waals surface area (Å²) in [7, 11) is 0. The van der Waals surface area contributed by atoms with Gasteiger partial charge in [-0.15, -0.1) is 0 Å². The van der Waals surface area contributed by atoms with Crippen LogP contribution in [0.1, 0.15) is 51.7 Å². The van der Waals surface area contributed by atoms with Crippen molar-refractivity contribution in [2.24, 2.45) is 5.73 Å². The van der Waals surface area contributed by atoms with E-state index in [-0.39, 0.29) is 5.91 Å². The SMILES string of the molecule is CCCC(C)(N)C(=O)Nc1ccc(CC)c(CC)c1. The van der Waals surface area contributed by atoms with Crippen molar-refractivity contribution in [3.8, 4) is 0 Å². The van der Waals surface area contributed by atoms with Gasteiger partial charge in [0.25, 0.3) is 0 Å². The maximum atomic E-state index is 12.1. The average Bonchev–Trinajstić information content (AvgIpc) is 2.38. The van der Waals surface area contributed by atoms with E-state index in [1.807, 2.05) is 13.0 Å². The Morgan fingerprint density at radius 3 is 2.37 bits per heavy atom. The molecule has 0 aromatic heterocycles. The van der Waals surface area contributed by atoms with Crippen molar-refractivity contribution >= 4 is 11.6 Å². The predicted molar refractivity (Wildman–Crippen MR) is 81.3 cm³/mol. The number of rotatable bonds is 6. The van der Waals surface area contributed by atoms with Crippen molar-refractivity contribution in [3.63, 3.8) is 0 Å². The number of amides is 1. The van der Waals surface area contributed by atoms with Crippen LogP contribution >= 0.6 is 0 Å². The van der Waals surface area contributed by atoms with Crippen LogP contribution in [0.3, 0.4) is 0 Å². The van der Waals surface area contributed by atoms with Crippen LogP contribution in [0.2, 0.25) is 0 Å².